The summed E-state index contributed by atoms with van der Waals surface area (Å²) in [5.74, 6) is -0.747. The molecule has 1 fully saturated rings. The van der Waals surface area contributed by atoms with Gasteiger partial charge >= 0.3 is 10.1 Å². The van der Waals surface area contributed by atoms with Gasteiger partial charge in [0.25, 0.3) is 10.0 Å². The fourth-order valence-corrected chi connectivity index (χ4v) is 8.59. The average Bonchev–Trinajstić information content (AvgIpc) is 3.14. The first-order valence-electron chi connectivity index (χ1n) is 16.1. The summed E-state index contributed by atoms with van der Waals surface area (Å²) in [5.41, 5.74) is 1.38. The maximum Gasteiger partial charge on any atom is 0.357 e. The number of piperazine rings is 1. The van der Waals surface area contributed by atoms with E-state index in [2.05, 4.69) is 14.7 Å². The number of aromatic nitrogens is 2. The number of benzene rings is 4. The van der Waals surface area contributed by atoms with Crippen LogP contribution in [0.4, 0.5) is 10.1 Å². The minimum atomic E-state index is -4.30. The van der Waals surface area contributed by atoms with Crippen molar-refractivity contribution in [1.82, 2.24) is 19.6 Å². The van der Waals surface area contributed by atoms with Crippen LogP contribution in [0.15, 0.2) is 132 Å². The number of carbonyl (C=O) groups is 1. The SMILES string of the molecule is O=C(C(Cc1ccc(OS(=O)(=O)c2nccc3ccccc23)cc1)NS(=O)(=O)c1nccc2ccccc12)N1CCN(c2ccc(F)cc2)CC1. The number of amides is 1. The molecule has 51 heavy (non-hydrogen) atoms. The van der Waals surface area contributed by atoms with Gasteiger partial charge in [0.15, 0.2) is 5.03 Å². The van der Waals surface area contributed by atoms with Crippen molar-refractivity contribution in [2.75, 3.05) is 31.1 Å². The van der Waals surface area contributed by atoms with Gasteiger partial charge in [-0.1, -0.05) is 60.7 Å². The highest BCUT2D eigenvalue weighted by Crippen LogP contribution is 2.26. The van der Waals surface area contributed by atoms with E-state index >= 15 is 0 Å². The third-order valence-corrected chi connectivity index (χ3v) is 11.4. The minimum Gasteiger partial charge on any atom is -0.378 e. The highest BCUT2D eigenvalue weighted by Gasteiger charge is 2.33. The van der Waals surface area contributed by atoms with E-state index in [-0.39, 0.29) is 28.0 Å². The van der Waals surface area contributed by atoms with Crippen LogP contribution in [-0.4, -0.2) is 69.8 Å². The normalized spacial score (nSPS) is 14.5. The molecule has 1 amide bonds. The first kappa shape index (κ1) is 34.0. The topological polar surface area (TPSA) is 139 Å². The van der Waals surface area contributed by atoms with Gasteiger partial charge in [0.05, 0.1) is 0 Å². The Morgan fingerprint density at radius 1 is 0.725 bits per heavy atom. The fourth-order valence-electron chi connectivity index (χ4n) is 6.16. The van der Waals surface area contributed by atoms with Crippen LogP contribution < -0.4 is 13.8 Å². The second kappa shape index (κ2) is 14.1. The second-order valence-corrected chi connectivity index (χ2v) is 15.1. The van der Waals surface area contributed by atoms with Gasteiger partial charge in [-0.3, -0.25) is 4.79 Å². The van der Waals surface area contributed by atoms with Crippen LogP contribution >= 0.6 is 0 Å². The number of halogens is 1. The molecule has 260 valence electrons. The molecule has 11 nitrogen and oxygen atoms in total. The molecule has 1 N–H and O–H groups in total. The van der Waals surface area contributed by atoms with E-state index in [0.29, 0.717) is 53.3 Å². The largest absolute Gasteiger partial charge is 0.378 e. The van der Waals surface area contributed by atoms with Crippen molar-refractivity contribution in [3.8, 4) is 5.75 Å². The molecule has 1 atom stereocenters. The van der Waals surface area contributed by atoms with Crippen molar-refractivity contribution in [2.45, 2.75) is 22.5 Å². The molecule has 1 aliphatic heterocycles. The quantitative estimate of drug-likeness (QED) is 0.195. The van der Waals surface area contributed by atoms with Crippen LogP contribution in [-0.2, 0) is 31.4 Å². The third-order valence-electron chi connectivity index (χ3n) is 8.71. The van der Waals surface area contributed by atoms with E-state index in [1.54, 1.807) is 89.8 Å². The Morgan fingerprint density at radius 3 is 1.92 bits per heavy atom. The summed E-state index contributed by atoms with van der Waals surface area (Å²) < 4.78 is 75.7. The Morgan fingerprint density at radius 2 is 1.29 bits per heavy atom. The number of anilines is 1. The van der Waals surface area contributed by atoms with Gasteiger partial charge in [0.1, 0.15) is 17.6 Å². The van der Waals surface area contributed by atoms with Crippen molar-refractivity contribution >= 4 is 53.3 Å². The lowest BCUT2D eigenvalue weighted by Crippen LogP contribution is -2.55. The van der Waals surface area contributed by atoms with Gasteiger partial charge in [-0.05, 0) is 71.3 Å². The first-order chi connectivity index (χ1) is 24.6. The summed E-state index contributed by atoms with van der Waals surface area (Å²) in [4.78, 5) is 25.9. The maximum atomic E-state index is 14.1. The summed E-state index contributed by atoms with van der Waals surface area (Å²) in [7, 11) is -8.59. The van der Waals surface area contributed by atoms with E-state index in [9.17, 15) is 26.0 Å². The van der Waals surface area contributed by atoms with Gasteiger partial charge in [-0.25, -0.2) is 22.8 Å². The van der Waals surface area contributed by atoms with Gasteiger partial charge in [0.2, 0.25) is 10.9 Å². The lowest BCUT2D eigenvalue weighted by molar-refractivity contribution is -0.133. The maximum absolute atomic E-state index is 14.1. The molecule has 14 heteroatoms. The lowest BCUT2D eigenvalue weighted by atomic mass is 10.0. The molecule has 0 saturated carbocycles. The molecule has 0 spiro atoms. The standard InChI is InChI=1S/C37H32FN5O6S2/c38-29-11-13-30(14-12-29)42-21-23-43(24-22-42)37(44)34(41-50(45,46)35-32-7-3-1-5-27(32)17-19-39-35)25-26-9-15-31(16-10-26)49-51(47,48)36-33-8-4-2-6-28(33)18-20-40-36/h1-20,34,41H,21-25H2. The van der Waals surface area contributed by atoms with Gasteiger partial charge in [-0.2, -0.15) is 13.1 Å². The Balaban J connectivity index is 1.13. The van der Waals surface area contributed by atoms with Crippen molar-refractivity contribution in [1.29, 1.82) is 0 Å². The van der Waals surface area contributed by atoms with E-state index in [4.69, 9.17) is 4.18 Å². The minimum absolute atomic E-state index is 0.0220. The number of nitrogens with zero attached hydrogens (tertiary/aromatic N) is 4. The van der Waals surface area contributed by atoms with Gasteiger partial charge in [0, 0.05) is 55.0 Å². The number of sulfonamides is 1. The Hall–Kier alpha value is -5.44. The van der Waals surface area contributed by atoms with Crippen LogP contribution in [0.5, 0.6) is 5.75 Å². The predicted molar refractivity (Wildman–Crippen MR) is 191 cm³/mol. The molecule has 7 rings (SSSR count). The van der Waals surface area contributed by atoms with Crippen LogP contribution in [0, 0.1) is 5.82 Å². The summed E-state index contributed by atoms with van der Waals surface area (Å²) in [6, 6.07) is 28.2. The van der Waals surface area contributed by atoms with E-state index in [1.807, 2.05) is 4.90 Å². The number of fused-ring (bicyclic) bond motifs is 2. The zero-order valence-corrected chi connectivity index (χ0v) is 28.7. The molecule has 0 radical (unpaired) electrons. The Labute approximate surface area is 294 Å². The van der Waals surface area contributed by atoms with Crippen molar-refractivity contribution < 1.29 is 30.2 Å². The monoisotopic (exact) mass is 725 g/mol. The molecule has 0 bridgehead atoms. The first-order valence-corrected chi connectivity index (χ1v) is 19.0. The molecule has 2 aromatic heterocycles. The zero-order valence-electron chi connectivity index (χ0n) is 27.1. The van der Waals surface area contributed by atoms with Crippen molar-refractivity contribution in [3.05, 3.63) is 133 Å². The summed E-state index contributed by atoms with van der Waals surface area (Å²) in [5, 5.41) is 1.79. The molecule has 1 aliphatic rings. The highest BCUT2D eigenvalue weighted by molar-refractivity contribution is 7.89. The van der Waals surface area contributed by atoms with Crippen molar-refractivity contribution in [2.24, 2.45) is 0 Å². The zero-order chi connectivity index (χ0) is 35.6. The van der Waals surface area contributed by atoms with Crippen LogP contribution in [0.1, 0.15) is 5.56 Å². The molecule has 1 unspecified atom stereocenters. The van der Waals surface area contributed by atoms with E-state index in [0.717, 1.165) is 5.69 Å². The van der Waals surface area contributed by atoms with Gasteiger partial charge in [-0.15, -0.1) is 0 Å². The van der Waals surface area contributed by atoms with Crippen molar-refractivity contribution in [3.63, 3.8) is 0 Å². The molecule has 0 aliphatic carbocycles. The summed E-state index contributed by atoms with van der Waals surface area (Å²) in [6.07, 6.45) is 2.76. The fraction of sp³-hybridized carbons (Fsp3) is 0.162. The summed E-state index contributed by atoms with van der Waals surface area (Å²) in [6.45, 7) is 1.56. The number of carbonyl (C=O) groups excluding carboxylic acids is 1. The molecule has 4 aromatic carbocycles. The van der Waals surface area contributed by atoms with Gasteiger partial charge < -0.3 is 14.0 Å². The molecule has 6 aromatic rings. The number of pyridine rings is 2. The number of hydrogen-bond donors (Lipinski definition) is 1. The summed E-state index contributed by atoms with van der Waals surface area (Å²) >= 11 is 0. The van der Waals surface area contributed by atoms with Crippen LogP contribution in [0.3, 0.4) is 0 Å². The predicted octanol–water partition coefficient (Wildman–Crippen LogP) is 4.93. The number of rotatable bonds is 10. The Bertz CT molecular complexity index is 2430. The number of hydrogen-bond acceptors (Lipinski definition) is 9. The van der Waals surface area contributed by atoms with E-state index < -0.39 is 32.1 Å². The average molecular weight is 726 g/mol. The second-order valence-electron chi connectivity index (χ2n) is 12.0. The molecule has 1 saturated heterocycles. The highest BCUT2D eigenvalue weighted by atomic mass is 32.2. The molecular weight excluding hydrogens is 694 g/mol. The lowest BCUT2D eigenvalue weighted by Gasteiger charge is -2.37. The third kappa shape index (κ3) is 7.38. The molecular formula is C37H32FN5O6S2. The van der Waals surface area contributed by atoms with E-state index in [1.165, 1.54) is 36.7 Å². The molecule has 3 heterocycles. The van der Waals surface area contributed by atoms with Crippen LogP contribution in [0.2, 0.25) is 0 Å². The smallest absolute Gasteiger partial charge is 0.357 e. The van der Waals surface area contributed by atoms with Crippen LogP contribution in [0.25, 0.3) is 21.5 Å². The Kier molecular flexibility index (Phi) is 9.38. The number of nitrogens with one attached hydrogen (secondary N) is 1.